The van der Waals surface area contributed by atoms with Crippen molar-refractivity contribution in [2.24, 2.45) is 0 Å². The number of hydrogen-bond donors (Lipinski definition) is 0. The summed E-state index contributed by atoms with van der Waals surface area (Å²) in [5, 5.41) is 7.81. The molecule has 0 radical (unpaired) electrons. The van der Waals surface area contributed by atoms with Crippen LogP contribution in [0.1, 0.15) is 59.4 Å². The Labute approximate surface area is 210 Å². The molecule has 1 fully saturated rings. The molecular formula is C27H32N6OS. The Morgan fingerprint density at radius 2 is 1.83 bits per heavy atom. The zero-order chi connectivity index (χ0) is 24.5. The summed E-state index contributed by atoms with van der Waals surface area (Å²) < 4.78 is 1.76. The Hall–Kier alpha value is -3.26. The van der Waals surface area contributed by atoms with Crippen LogP contribution in [0.25, 0.3) is 16.9 Å². The lowest BCUT2D eigenvalue weighted by molar-refractivity contribution is 0.0711. The van der Waals surface area contributed by atoms with E-state index in [4.69, 9.17) is 4.98 Å². The van der Waals surface area contributed by atoms with E-state index in [1.807, 2.05) is 24.8 Å². The SMILES string of the molecule is CCN(CC)c1ccc(-c2csc(C3CCN(C(=O)c4cnc5cc(C)nn5c4C)CC3)n2)cc1. The molecule has 0 unspecified atom stereocenters. The van der Waals surface area contributed by atoms with Crippen molar-refractivity contribution in [2.45, 2.75) is 46.5 Å². The molecule has 1 aliphatic rings. The van der Waals surface area contributed by atoms with Gasteiger partial charge in [-0.05, 0) is 52.7 Å². The molecule has 8 heteroatoms. The largest absolute Gasteiger partial charge is 0.372 e. The number of hydrogen-bond acceptors (Lipinski definition) is 6. The number of carbonyl (C=O) groups excluding carboxylic acids is 1. The van der Waals surface area contributed by atoms with E-state index in [1.165, 1.54) is 10.7 Å². The third-order valence-electron chi connectivity index (χ3n) is 7.02. The highest BCUT2D eigenvalue weighted by Crippen LogP contribution is 2.34. The quantitative estimate of drug-likeness (QED) is 0.367. The van der Waals surface area contributed by atoms with Gasteiger partial charge in [0.2, 0.25) is 0 Å². The van der Waals surface area contributed by atoms with E-state index < -0.39 is 0 Å². The van der Waals surface area contributed by atoms with Crippen molar-refractivity contribution in [3.63, 3.8) is 0 Å². The summed E-state index contributed by atoms with van der Waals surface area (Å²) in [5.41, 5.74) is 6.59. The molecule has 3 aromatic heterocycles. The third kappa shape index (κ3) is 4.55. The maximum absolute atomic E-state index is 13.3. The Bertz CT molecular complexity index is 1330. The first-order chi connectivity index (χ1) is 17.0. The molecule has 4 heterocycles. The highest BCUT2D eigenvalue weighted by atomic mass is 32.1. The molecule has 4 aromatic rings. The van der Waals surface area contributed by atoms with E-state index in [1.54, 1.807) is 22.0 Å². The lowest BCUT2D eigenvalue weighted by atomic mass is 9.97. The number of likely N-dealkylation sites (tertiary alicyclic amines) is 1. The molecule has 0 saturated carbocycles. The number of rotatable bonds is 6. The lowest BCUT2D eigenvalue weighted by Gasteiger charge is -2.31. The second kappa shape index (κ2) is 9.77. The molecule has 0 atom stereocenters. The van der Waals surface area contributed by atoms with Crippen molar-refractivity contribution in [3.8, 4) is 11.3 Å². The number of benzene rings is 1. The average molecular weight is 489 g/mol. The number of amides is 1. The maximum atomic E-state index is 13.3. The molecule has 0 bridgehead atoms. The van der Waals surface area contributed by atoms with E-state index >= 15 is 0 Å². The predicted octanol–water partition coefficient (Wildman–Crippen LogP) is 5.34. The number of aromatic nitrogens is 4. The molecule has 1 amide bonds. The second-order valence-corrected chi connectivity index (χ2v) is 10.1. The van der Waals surface area contributed by atoms with Gasteiger partial charge in [-0.15, -0.1) is 11.3 Å². The minimum absolute atomic E-state index is 0.0385. The summed E-state index contributed by atoms with van der Waals surface area (Å²) >= 11 is 1.74. The van der Waals surface area contributed by atoms with Crippen LogP contribution in [0.5, 0.6) is 0 Å². The fourth-order valence-corrected chi connectivity index (χ4v) is 5.91. The summed E-state index contributed by atoms with van der Waals surface area (Å²) in [6, 6.07) is 10.6. The van der Waals surface area contributed by atoms with Crippen molar-refractivity contribution in [1.82, 2.24) is 24.5 Å². The Morgan fingerprint density at radius 1 is 1.11 bits per heavy atom. The number of piperidine rings is 1. The minimum atomic E-state index is 0.0385. The van der Waals surface area contributed by atoms with Gasteiger partial charge in [-0.2, -0.15) is 5.10 Å². The standard InChI is InChI=1S/C27H32N6OS/c1-5-31(6-2)22-9-7-20(8-10-22)24-17-35-26(29-24)21-11-13-32(14-12-21)27(34)23-16-28-25-15-18(3)30-33(25)19(23)4/h7-10,15-17,21H,5-6,11-14H2,1-4H3. The molecule has 35 heavy (non-hydrogen) atoms. The Balaban J connectivity index is 1.24. The summed E-state index contributed by atoms with van der Waals surface area (Å²) in [6.07, 6.45) is 3.54. The molecule has 5 rings (SSSR count). The lowest BCUT2D eigenvalue weighted by Crippen LogP contribution is -2.38. The summed E-state index contributed by atoms with van der Waals surface area (Å²) in [6.45, 7) is 11.7. The minimum Gasteiger partial charge on any atom is -0.372 e. The van der Waals surface area contributed by atoms with Gasteiger partial charge >= 0.3 is 0 Å². The first-order valence-electron chi connectivity index (χ1n) is 12.4. The van der Waals surface area contributed by atoms with Crippen molar-refractivity contribution < 1.29 is 4.79 Å². The summed E-state index contributed by atoms with van der Waals surface area (Å²) in [7, 11) is 0. The van der Waals surface area contributed by atoms with E-state index in [0.717, 1.165) is 67.3 Å². The van der Waals surface area contributed by atoms with Crippen LogP contribution >= 0.6 is 11.3 Å². The average Bonchev–Trinajstić information content (AvgIpc) is 3.52. The molecule has 7 nitrogen and oxygen atoms in total. The van der Waals surface area contributed by atoms with Crippen LogP contribution in [-0.2, 0) is 0 Å². The van der Waals surface area contributed by atoms with Crippen LogP contribution < -0.4 is 4.90 Å². The zero-order valence-corrected chi connectivity index (χ0v) is 21.7. The van der Waals surface area contributed by atoms with Gasteiger partial charge in [-0.3, -0.25) is 4.79 Å². The van der Waals surface area contributed by atoms with Gasteiger partial charge in [0.1, 0.15) is 0 Å². The van der Waals surface area contributed by atoms with E-state index in [2.05, 4.69) is 58.5 Å². The van der Waals surface area contributed by atoms with Gasteiger partial charge in [0.05, 0.1) is 27.7 Å². The van der Waals surface area contributed by atoms with Crippen LogP contribution in [0.4, 0.5) is 5.69 Å². The van der Waals surface area contributed by atoms with Crippen molar-refractivity contribution in [3.05, 3.63) is 63.9 Å². The smallest absolute Gasteiger partial charge is 0.257 e. The van der Waals surface area contributed by atoms with Gasteiger partial charge in [-0.1, -0.05) is 12.1 Å². The fraction of sp³-hybridized carbons (Fsp3) is 0.407. The number of fused-ring (bicyclic) bond motifs is 1. The molecule has 1 aromatic carbocycles. The molecular weight excluding hydrogens is 456 g/mol. The first-order valence-corrected chi connectivity index (χ1v) is 13.3. The molecule has 0 aliphatic carbocycles. The van der Waals surface area contributed by atoms with Crippen LogP contribution in [0.3, 0.4) is 0 Å². The number of carbonyl (C=O) groups is 1. The zero-order valence-electron chi connectivity index (χ0n) is 20.9. The van der Waals surface area contributed by atoms with Gasteiger partial charge in [0.25, 0.3) is 5.91 Å². The maximum Gasteiger partial charge on any atom is 0.257 e. The number of anilines is 1. The molecule has 1 aliphatic heterocycles. The highest BCUT2D eigenvalue weighted by Gasteiger charge is 2.28. The van der Waals surface area contributed by atoms with Crippen molar-refractivity contribution in [2.75, 3.05) is 31.1 Å². The summed E-state index contributed by atoms with van der Waals surface area (Å²) in [4.78, 5) is 27.0. The number of aryl methyl sites for hydroxylation is 2. The normalized spacial score (nSPS) is 14.6. The second-order valence-electron chi connectivity index (χ2n) is 9.17. The topological polar surface area (TPSA) is 66.6 Å². The fourth-order valence-electron chi connectivity index (χ4n) is 4.91. The number of thiazole rings is 1. The Kier molecular flexibility index (Phi) is 6.56. The van der Waals surface area contributed by atoms with Gasteiger partial charge in [0, 0.05) is 61.0 Å². The van der Waals surface area contributed by atoms with Gasteiger partial charge in [-0.25, -0.2) is 14.5 Å². The molecule has 0 spiro atoms. The van der Waals surface area contributed by atoms with Crippen LogP contribution in [0, 0.1) is 13.8 Å². The molecule has 0 N–H and O–H groups in total. The van der Waals surface area contributed by atoms with Crippen LogP contribution in [0.2, 0.25) is 0 Å². The van der Waals surface area contributed by atoms with Crippen molar-refractivity contribution in [1.29, 1.82) is 0 Å². The van der Waals surface area contributed by atoms with E-state index in [9.17, 15) is 4.79 Å². The molecule has 182 valence electrons. The Morgan fingerprint density at radius 3 is 2.51 bits per heavy atom. The summed E-state index contributed by atoms with van der Waals surface area (Å²) in [5.74, 6) is 0.430. The monoisotopic (exact) mass is 488 g/mol. The van der Waals surface area contributed by atoms with Crippen molar-refractivity contribution >= 4 is 28.6 Å². The van der Waals surface area contributed by atoms with Gasteiger partial charge < -0.3 is 9.80 Å². The van der Waals surface area contributed by atoms with E-state index in [0.29, 0.717) is 11.5 Å². The molecule has 1 saturated heterocycles. The number of nitrogens with zero attached hydrogens (tertiary/aromatic N) is 6. The van der Waals surface area contributed by atoms with E-state index in [-0.39, 0.29) is 5.91 Å². The van der Waals surface area contributed by atoms with Crippen LogP contribution in [0.15, 0.2) is 41.9 Å². The highest BCUT2D eigenvalue weighted by molar-refractivity contribution is 7.10. The third-order valence-corrected chi connectivity index (χ3v) is 8.03. The van der Waals surface area contributed by atoms with Crippen LogP contribution in [-0.4, -0.2) is 56.6 Å². The first kappa shape index (κ1) is 23.5. The van der Waals surface area contributed by atoms with Gasteiger partial charge in [0.15, 0.2) is 5.65 Å². The predicted molar refractivity (Wildman–Crippen MR) is 141 cm³/mol.